The van der Waals surface area contributed by atoms with Crippen LogP contribution in [0, 0.1) is 0 Å². The monoisotopic (exact) mass is 391 g/mol. The predicted octanol–water partition coefficient (Wildman–Crippen LogP) is 3.02. The second kappa shape index (κ2) is 8.28. The summed E-state index contributed by atoms with van der Waals surface area (Å²) in [5, 5.41) is 23.7. The van der Waals surface area contributed by atoms with Gasteiger partial charge in [0.25, 0.3) is 5.56 Å². The van der Waals surface area contributed by atoms with Gasteiger partial charge in [0.15, 0.2) is 5.56 Å². The minimum absolute atomic E-state index is 0. The summed E-state index contributed by atoms with van der Waals surface area (Å²) in [6.45, 7) is 5.43. The quantitative estimate of drug-likeness (QED) is 0.442. The van der Waals surface area contributed by atoms with E-state index in [-0.39, 0.29) is 12.4 Å². The van der Waals surface area contributed by atoms with Crippen molar-refractivity contribution >= 4 is 29.3 Å². The number of halogens is 1. The van der Waals surface area contributed by atoms with Gasteiger partial charge in [0, 0.05) is 28.9 Å². The zero-order valence-electron chi connectivity index (χ0n) is 15.0. The van der Waals surface area contributed by atoms with E-state index in [0.717, 1.165) is 29.7 Å². The van der Waals surface area contributed by atoms with Gasteiger partial charge in [-0.25, -0.2) is 4.79 Å². The molecule has 2 aromatic heterocycles. The number of pyridine rings is 1. The molecule has 0 saturated carbocycles. The third-order valence-electron chi connectivity index (χ3n) is 4.39. The van der Waals surface area contributed by atoms with E-state index in [1.54, 1.807) is 6.92 Å². The lowest BCUT2D eigenvalue weighted by molar-refractivity contribution is 0.0691. The maximum Gasteiger partial charge on any atom is 0.345 e. The molecule has 0 saturated heterocycles. The molecule has 8 heteroatoms. The molecule has 0 spiro atoms. The van der Waals surface area contributed by atoms with Crippen molar-refractivity contribution in [2.45, 2.75) is 26.8 Å². The van der Waals surface area contributed by atoms with Crippen molar-refractivity contribution in [3.8, 4) is 17.0 Å². The van der Waals surface area contributed by atoms with Crippen molar-refractivity contribution in [1.82, 2.24) is 15.3 Å². The van der Waals surface area contributed by atoms with Gasteiger partial charge in [-0.3, -0.25) is 4.79 Å². The first-order chi connectivity index (χ1) is 12.5. The van der Waals surface area contributed by atoms with Gasteiger partial charge in [-0.15, -0.1) is 12.4 Å². The van der Waals surface area contributed by atoms with Gasteiger partial charge < -0.3 is 25.5 Å². The number of carboxylic acid groups (broad SMARTS) is 1. The summed E-state index contributed by atoms with van der Waals surface area (Å²) in [4.78, 5) is 29.3. The Kier molecular flexibility index (Phi) is 6.30. The van der Waals surface area contributed by atoms with Crippen LogP contribution in [0.3, 0.4) is 0 Å². The summed E-state index contributed by atoms with van der Waals surface area (Å²) in [5.74, 6) is -1.92. The molecule has 2 heterocycles. The lowest BCUT2D eigenvalue weighted by atomic mass is 10.00. The second-order valence-electron chi connectivity index (χ2n) is 6.07. The first-order valence-electron chi connectivity index (χ1n) is 8.50. The lowest BCUT2D eigenvalue weighted by Crippen LogP contribution is -2.20. The van der Waals surface area contributed by atoms with Gasteiger partial charge in [0.2, 0.25) is 0 Å². The van der Waals surface area contributed by atoms with Crippen molar-refractivity contribution in [3.05, 3.63) is 51.4 Å². The van der Waals surface area contributed by atoms with E-state index in [4.69, 9.17) is 5.11 Å². The van der Waals surface area contributed by atoms with Crippen molar-refractivity contribution in [2.24, 2.45) is 0 Å². The molecule has 27 heavy (non-hydrogen) atoms. The van der Waals surface area contributed by atoms with Gasteiger partial charge in [0.05, 0.1) is 5.69 Å². The van der Waals surface area contributed by atoms with Crippen LogP contribution >= 0.6 is 12.4 Å². The van der Waals surface area contributed by atoms with Crippen molar-refractivity contribution in [2.75, 3.05) is 6.54 Å². The molecule has 0 aliphatic rings. The number of hydrogen-bond donors (Lipinski definition) is 5. The van der Waals surface area contributed by atoms with Crippen molar-refractivity contribution in [1.29, 1.82) is 0 Å². The predicted molar refractivity (Wildman–Crippen MR) is 107 cm³/mol. The Morgan fingerprint density at radius 2 is 1.93 bits per heavy atom. The van der Waals surface area contributed by atoms with Crippen LogP contribution in [0.2, 0.25) is 0 Å². The van der Waals surface area contributed by atoms with E-state index in [1.165, 1.54) is 0 Å². The lowest BCUT2D eigenvalue weighted by Gasteiger charge is -2.12. The van der Waals surface area contributed by atoms with Gasteiger partial charge in [-0.1, -0.05) is 26.0 Å². The van der Waals surface area contributed by atoms with E-state index in [9.17, 15) is 14.7 Å². The highest BCUT2D eigenvalue weighted by Gasteiger charge is 2.22. The number of rotatable bonds is 6. The van der Waals surface area contributed by atoms with Crippen molar-refractivity contribution < 1.29 is 15.0 Å². The number of aromatic hydroxyl groups is 1. The van der Waals surface area contributed by atoms with E-state index in [0.29, 0.717) is 23.2 Å². The van der Waals surface area contributed by atoms with Gasteiger partial charge in [-0.2, -0.15) is 0 Å². The minimum Gasteiger partial charge on any atom is -0.506 e. The fourth-order valence-corrected chi connectivity index (χ4v) is 3.11. The number of benzene rings is 1. The largest absolute Gasteiger partial charge is 0.506 e. The fourth-order valence-electron chi connectivity index (χ4n) is 3.11. The number of nitrogens with one attached hydrogen (secondary N) is 3. The SMILES string of the molecule is CCNCc1cc2ccc(-c3[nH]c(=O)c(C(=O)O)c(O)c3CC)cc2[nH]1.Cl. The molecule has 0 unspecified atom stereocenters. The molecule has 0 bridgehead atoms. The first-order valence-corrected chi connectivity index (χ1v) is 8.50. The highest BCUT2D eigenvalue weighted by molar-refractivity contribution is 5.92. The van der Waals surface area contributed by atoms with Crippen LogP contribution in [0.5, 0.6) is 5.75 Å². The van der Waals surface area contributed by atoms with Gasteiger partial charge in [-0.05, 0) is 30.5 Å². The van der Waals surface area contributed by atoms with Gasteiger partial charge in [0.1, 0.15) is 5.75 Å². The summed E-state index contributed by atoms with van der Waals surface area (Å²) in [6, 6.07) is 7.71. The molecule has 0 fully saturated rings. The van der Waals surface area contributed by atoms with Crippen LogP contribution in [0.15, 0.2) is 29.1 Å². The number of H-pyrrole nitrogens is 2. The summed E-state index contributed by atoms with van der Waals surface area (Å²) >= 11 is 0. The molecule has 0 aliphatic heterocycles. The van der Waals surface area contributed by atoms with Crippen LogP contribution in [0.4, 0.5) is 0 Å². The van der Waals surface area contributed by atoms with Gasteiger partial charge >= 0.3 is 5.97 Å². The summed E-state index contributed by atoms with van der Waals surface area (Å²) in [5.41, 5.74) is 2.05. The Labute approximate surface area is 161 Å². The second-order valence-corrected chi connectivity index (χ2v) is 6.07. The van der Waals surface area contributed by atoms with E-state index >= 15 is 0 Å². The molecule has 1 aromatic carbocycles. The van der Waals surface area contributed by atoms with Crippen LogP contribution in [-0.2, 0) is 13.0 Å². The normalized spacial score (nSPS) is 10.7. The number of carboxylic acids is 1. The van der Waals surface area contributed by atoms with E-state index < -0.39 is 22.8 Å². The molecule has 0 radical (unpaired) electrons. The zero-order chi connectivity index (χ0) is 18.8. The summed E-state index contributed by atoms with van der Waals surface area (Å²) in [7, 11) is 0. The summed E-state index contributed by atoms with van der Waals surface area (Å²) in [6.07, 6.45) is 0.382. The molecule has 0 amide bonds. The molecular formula is C19H22ClN3O4. The average molecular weight is 392 g/mol. The molecule has 3 aromatic rings. The Morgan fingerprint density at radius 3 is 2.56 bits per heavy atom. The number of fused-ring (bicyclic) bond motifs is 1. The van der Waals surface area contributed by atoms with Crippen LogP contribution in [-0.4, -0.2) is 32.7 Å². The minimum atomic E-state index is -1.45. The fraction of sp³-hybridized carbons (Fsp3) is 0.263. The topological polar surface area (TPSA) is 118 Å². The Balaban J connectivity index is 0.00000261. The Morgan fingerprint density at radius 1 is 1.19 bits per heavy atom. The third kappa shape index (κ3) is 3.84. The molecule has 7 nitrogen and oxygen atoms in total. The zero-order valence-corrected chi connectivity index (χ0v) is 15.9. The molecule has 0 aliphatic carbocycles. The smallest absolute Gasteiger partial charge is 0.345 e. The maximum absolute atomic E-state index is 12.1. The Hall–Kier alpha value is -2.77. The summed E-state index contributed by atoms with van der Waals surface area (Å²) < 4.78 is 0. The highest BCUT2D eigenvalue weighted by Crippen LogP contribution is 2.31. The highest BCUT2D eigenvalue weighted by atomic mass is 35.5. The molecule has 144 valence electrons. The molecule has 0 atom stereocenters. The van der Waals surface area contributed by atoms with E-state index in [1.807, 2.05) is 25.1 Å². The van der Waals surface area contributed by atoms with Crippen LogP contribution < -0.4 is 10.9 Å². The molecular weight excluding hydrogens is 370 g/mol. The van der Waals surface area contributed by atoms with Crippen LogP contribution in [0.1, 0.15) is 35.5 Å². The number of aromatic amines is 2. The van der Waals surface area contributed by atoms with Crippen LogP contribution in [0.25, 0.3) is 22.2 Å². The number of hydrogen-bond acceptors (Lipinski definition) is 4. The first kappa shape index (κ1) is 20.5. The average Bonchev–Trinajstić information content (AvgIpc) is 3.01. The molecule has 3 rings (SSSR count). The van der Waals surface area contributed by atoms with Crippen molar-refractivity contribution in [3.63, 3.8) is 0 Å². The Bertz CT molecular complexity index is 1040. The standard InChI is InChI=1S/C19H21N3O4.ClH/c1-3-13-16(22-18(24)15(17(13)23)19(25)26)11-6-5-10-7-12(9-20-4-2)21-14(10)8-11;/h5-8,20-21H,3-4,9H2,1-2H3,(H,25,26)(H2,22,23,24);1H. The molecule has 5 N–H and O–H groups in total. The third-order valence-corrected chi connectivity index (χ3v) is 4.39. The number of aromatic nitrogens is 2. The van der Waals surface area contributed by atoms with E-state index in [2.05, 4.69) is 21.4 Å². The number of aromatic carboxylic acids is 1. The maximum atomic E-state index is 12.1. The number of carbonyl (C=O) groups is 1.